The van der Waals surface area contributed by atoms with Gasteiger partial charge in [0.1, 0.15) is 0 Å². The van der Waals surface area contributed by atoms with Gasteiger partial charge in [0.25, 0.3) is 0 Å². The molecule has 0 heterocycles. The minimum absolute atomic E-state index is 0.0161. The van der Waals surface area contributed by atoms with Gasteiger partial charge in [-0.05, 0) is 31.9 Å². The average molecular weight is 369 g/mol. The summed E-state index contributed by atoms with van der Waals surface area (Å²) in [6, 6.07) is 2.91. The third-order valence-corrected chi connectivity index (χ3v) is 6.92. The average Bonchev–Trinajstić information content (AvgIpc) is 2.56. The van der Waals surface area contributed by atoms with E-state index in [-0.39, 0.29) is 28.0 Å². The van der Waals surface area contributed by atoms with Crippen molar-refractivity contribution in [3.63, 3.8) is 0 Å². The van der Waals surface area contributed by atoms with Gasteiger partial charge >= 0.3 is 0 Å². The Hall–Kier alpha value is -1.56. The Kier molecular flexibility index (Phi) is 7.93. The van der Waals surface area contributed by atoms with E-state index < -0.39 is 15.1 Å². The van der Waals surface area contributed by atoms with Crippen LogP contribution in [0.5, 0.6) is 0 Å². The van der Waals surface area contributed by atoms with Crippen molar-refractivity contribution in [2.24, 2.45) is 5.92 Å². The number of nitrogens with two attached hydrogens (primary N) is 2. The van der Waals surface area contributed by atoms with E-state index in [1.165, 1.54) is 12.1 Å². The third kappa shape index (κ3) is 5.21. The minimum Gasteiger partial charge on any atom is -0.397 e. The summed E-state index contributed by atoms with van der Waals surface area (Å²) >= 11 is 0. The maximum atomic E-state index is 12.8. The summed E-state index contributed by atoms with van der Waals surface area (Å²) in [5.74, 6) is -0.249. The molecule has 0 aliphatic rings. The number of unbranched alkanes of at least 4 members (excludes halogenated alkanes) is 2. The lowest BCUT2D eigenvalue weighted by molar-refractivity contribution is 0.0922. The SMILES string of the molecule is CCCCCC(C)C(=O)c1cc(N)c(N)c(S(=O)(=O)C(C)CCC)c1. The van der Waals surface area contributed by atoms with Crippen LogP contribution in [0.3, 0.4) is 0 Å². The quantitative estimate of drug-likeness (QED) is 0.366. The van der Waals surface area contributed by atoms with Crippen molar-refractivity contribution in [2.75, 3.05) is 11.5 Å². The Morgan fingerprint density at radius 1 is 1.04 bits per heavy atom. The highest BCUT2D eigenvalue weighted by molar-refractivity contribution is 7.92. The standard InChI is InChI=1S/C19H32N2O3S/c1-5-7-8-10-13(3)19(22)15-11-16(20)18(21)17(12-15)25(23,24)14(4)9-6-2/h11-14H,5-10,20-21H2,1-4H3. The van der Waals surface area contributed by atoms with Gasteiger partial charge in [0, 0.05) is 11.5 Å². The van der Waals surface area contributed by atoms with E-state index in [4.69, 9.17) is 11.5 Å². The van der Waals surface area contributed by atoms with Gasteiger partial charge in [0.2, 0.25) is 0 Å². The topological polar surface area (TPSA) is 103 Å². The van der Waals surface area contributed by atoms with Crippen molar-refractivity contribution in [2.45, 2.75) is 76.4 Å². The Balaban J connectivity index is 3.21. The van der Waals surface area contributed by atoms with E-state index >= 15 is 0 Å². The third-order valence-electron chi connectivity index (χ3n) is 4.68. The van der Waals surface area contributed by atoms with E-state index in [1.54, 1.807) is 6.92 Å². The number of hydrogen-bond acceptors (Lipinski definition) is 5. The molecule has 1 rings (SSSR count). The first-order valence-electron chi connectivity index (χ1n) is 9.13. The molecule has 2 unspecified atom stereocenters. The number of sulfone groups is 1. The second-order valence-corrected chi connectivity index (χ2v) is 9.22. The summed E-state index contributed by atoms with van der Waals surface area (Å²) in [4.78, 5) is 12.7. The predicted octanol–water partition coefficient (Wildman–Crippen LogP) is 4.21. The highest BCUT2D eigenvalue weighted by Gasteiger charge is 2.28. The molecule has 0 saturated carbocycles. The maximum absolute atomic E-state index is 12.8. The zero-order valence-corrected chi connectivity index (χ0v) is 16.7. The first-order chi connectivity index (χ1) is 11.7. The highest BCUT2D eigenvalue weighted by Crippen LogP contribution is 2.31. The molecule has 0 aliphatic carbocycles. The van der Waals surface area contributed by atoms with Crippen LogP contribution in [0, 0.1) is 5.92 Å². The van der Waals surface area contributed by atoms with Crippen LogP contribution in [0.1, 0.15) is 76.6 Å². The number of Topliss-reactive ketones (excluding diaryl/α,β-unsaturated/α-hetero) is 1. The molecule has 0 saturated heterocycles. The fraction of sp³-hybridized carbons (Fsp3) is 0.632. The molecule has 0 fully saturated rings. The van der Waals surface area contributed by atoms with Crippen molar-refractivity contribution in [3.8, 4) is 0 Å². The van der Waals surface area contributed by atoms with Crippen LogP contribution in [0.2, 0.25) is 0 Å². The minimum atomic E-state index is -3.61. The summed E-state index contributed by atoms with van der Waals surface area (Å²) < 4.78 is 25.6. The van der Waals surface area contributed by atoms with E-state index in [2.05, 4.69) is 6.92 Å². The summed E-state index contributed by atoms with van der Waals surface area (Å²) in [5.41, 5.74) is 12.4. The summed E-state index contributed by atoms with van der Waals surface area (Å²) in [5, 5.41) is -0.563. The Morgan fingerprint density at radius 3 is 2.24 bits per heavy atom. The molecule has 5 nitrogen and oxygen atoms in total. The van der Waals surface area contributed by atoms with E-state index in [9.17, 15) is 13.2 Å². The smallest absolute Gasteiger partial charge is 0.183 e. The molecule has 0 aliphatic heterocycles. The molecule has 6 heteroatoms. The molecule has 2 atom stereocenters. The maximum Gasteiger partial charge on any atom is 0.183 e. The molecule has 25 heavy (non-hydrogen) atoms. The van der Waals surface area contributed by atoms with Crippen molar-refractivity contribution in [1.82, 2.24) is 0 Å². The molecular formula is C19H32N2O3S. The lowest BCUT2D eigenvalue weighted by atomic mass is 9.93. The Labute approximate surface area is 152 Å². The van der Waals surface area contributed by atoms with Gasteiger partial charge in [-0.1, -0.05) is 46.5 Å². The van der Waals surface area contributed by atoms with Gasteiger partial charge in [0.15, 0.2) is 15.6 Å². The molecule has 0 bridgehead atoms. The first-order valence-corrected chi connectivity index (χ1v) is 10.7. The van der Waals surface area contributed by atoms with Gasteiger partial charge in [-0.25, -0.2) is 8.42 Å². The predicted molar refractivity (Wildman–Crippen MR) is 104 cm³/mol. The van der Waals surface area contributed by atoms with Crippen LogP contribution < -0.4 is 11.5 Å². The van der Waals surface area contributed by atoms with Crippen LogP contribution in [0.15, 0.2) is 17.0 Å². The monoisotopic (exact) mass is 368 g/mol. The molecule has 0 amide bonds. The number of nitrogen functional groups attached to an aromatic ring is 2. The van der Waals surface area contributed by atoms with Crippen molar-refractivity contribution < 1.29 is 13.2 Å². The normalized spacial score (nSPS) is 14.2. The number of carbonyl (C=O) groups excluding carboxylic acids is 1. The fourth-order valence-corrected chi connectivity index (χ4v) is 4.62. The molecule has 142 valence electrons. The second-order valence-electron chi connectivity index (χ2n) is 6.88. The fourth-order valence-electron chi connectivity index (χ4n) is 2.92. The number of rotatable bonds is 10. The first kappa shape index (κ1) is 21.5. The number of benzene rings is 1. The van der Waals surface area contributed by atoms with Crippen molar-refractivity contribution in [3.05, 3.63) is 17.7 Å². The number of carbonyl (C=O) groups is 1. The van der Waals surface area contributed by atoms with Crippen LogP contribution in [-0.2, 0) is 9.84 Å². The zero-order valence-electron chi connectivity index (χ0n) is 15.8. The largest absolute Gasteiger partial charge is 0.397 e. The number of anilines is 2. The van der Waals surface area contributed by atoms with E-state index in [0.717, 1.165) is 32.1 Å². The van der Waals surface area contributed by atoms with Gasteiger partial charge < -0.3 is 11.5 Å². The number of hydrogen-bond donors (Lipinski definition) is 2. The van der Waals surface area contributed by atoms with Gasteiger partial charge in [0.05, 0.1) is 21.5 Å². The van der Waals surface area contributed by atoms with Crippen molar-refractivity contribution in [1.29, 1.82) is 0 Å². The van der Waals surface area contributed by atoms with Crippen LogP contribution >= 0.6 is 0 Å². The summed E-state index contributed by atoms with van der Waals surface area (Å²) in [7, 11) is -3.61. The highest BCUT2D eigenvalue weighted by atomic mass is 32.2. The second kappa shape index (κ2) is 9.22. The van der Waals surface area contributed by atoms with Gasteiger partial charge in [-0.15, -0.1) is 0 Å². The Bertz CT molecular complexity index is 699. The van der Waals surface area contributed by atoms with Crippen LogP contribution in [-0.4, -0.2) is 19.5 Å². The molecular weight excluding hydrogens is 336 g/mol. The molecule has 0 radical (unpaired) electrons. The molecule has 0 spiro atoms. The summed E-state index contributed by atoms with van der Waals surface area (Å²) in [6.45, 7) is 7.58. The number of ketones is 1. The lowest BCUT2D eigenvalue weighted by Gasteiger charge is -2.17. The zero-order chi connectivity index (χ0) is 19.2. The molecule has 4 N–H and O–H groups in total. The Morgan fingerprint density at radius 2 is 1.68 bits per heavy atom. The van der Waals surface area contributed by atoms with Gasteiger partial charge in [-0.2, -0.15) is 0 Å². The molecule has 0 aromatic heterocycles. The van der Waals surface area contributed by atoms with E-state index in [0.29, 0.717) is 12.0 Å². The van der Waals surface area contributed by atoms with Crippen molar-refractivity contribution >= 4 is 27.0 Å². The lowest BCUT2D eigenvalue weighted by Crippen LogP contribution is -2.21. The van der Waals surface area contributed by atoms with Crippen LogP contribution in [0.4, 0.5) is 11.4 Å². The van der Waals surface area contributed by atoms with E-state index in [1.807, 2.05) is 13.8 Å². The van der Waals surface area contributed by atoms with Gasteiger partial charge in [-0.3, -0.25) is 4.79 Å². The van der Waals surface area contributed by atoms with Crippen LogP contribution in [0.25, 0.3) is 0 Å². The summed E-state index contributed by atoms with van der Waals surface area (Å²) in [6.07, 6.45) is 5.22. The molecule has 1 aromatic rings. The molecule has 1 aromatic carbocycles.